The highest BCUT2D eigenvalue weighted by Crippen LogP contribution is 2.32. The van der Waals surface area contributed by atoms with Gasteiger partial charge >= 0.3 is 11.9 Å². The molecule has 0 bridgehead atoms. The van der Waals surface area contributed by atoms with Gasteiger partial charge in [0.1, 0.15) is 18.3 Å². The van der Waals surface area contributed by atoms with E-state index >= 15 is 0 Å². The van der Waals surface area contributed by atoms with E-state index in [9.17, 15) is 9.59 Å². The fourth-order valence-corrected chi connectivity index (χ4v) is 2.52. The molecule has 1 aliphatic rings. The molecule has 0 spiro atoms. The largest absolute Gasteiger partial charge is 0.463 e. The van der Waals surface area contributed by atoms with Gasteiger partial charge < -0.3 is 18.9 Å². The van der Waals surface area contributed by atoms with Gasteiger partial charge in [-0.1, -0.05) is 15.9 Å². The number of carbonyl (C=O) groups is 2. The van der Waals surface area contributed by atoms with Crippen LogP contribution in [-0.4, -0.2) is 48.0 Å². The summed E-state index contributed by atoms with van der Waals surface area (Å²) < 4.78 is 21.5. The van der Waals surface area contributed by atoms with Crippen LogP contribution in [0.3, 0.4) is 0 Å². The van der Waals surface area contributed by atoms with E-state index in [1.54, 1.807) is 26.8 Å². The smallest absolute Gasteiger partial charge is 0.330 e. The highest BCUT2D eigenvalue weighted by atomic mass is 79.9. The SMILES string of the molecule is CCOC(=O)/C=C/[C@@H]1OC(C)(C)O[C@H]1[C@@H](CBr)OC(C)=O. The molecule has 21 heavy (non-hydrogen) atoms. The summed E-state index contributed by atoms with van der Waals surface area (Å²) in [5.41, 5.74) is 0. The average Bonchev–Trinajstić information content (AvgIpc) is 2.69. The molecule has 1 saturated heterocycles. The molecule has 0 aliphatic carbocycles. The first-order chi connectivity index (χ1) is 9.79. The predicted molar refractivity (Wildman–Crippen MR) is 78.9 cm³/mol. The van der Waals surface area contributed by atoms with Crippen molar-refractivity contribution in [3.05, 3.63) is 12.2 Å². The topological polar surface area (TPSA) is 71.1 Å². The molecule has 0 N–H and O–H groups in total. The first-order valence-electron chi connectivity index (χ1n) is 6.73. The van der Waals surface area contributed by atoms with Crippen LogP contribution < -0.4 is 0 Å². The Bertz CT molecular complexity index is 406. The summed E-state index contributed by atoms with van der Waals surface area (Å²) in [6.07, 6.45) is 1.34. The van der Waals surface area contributed by atoms with Crippen molar-refractivity contribution in [2.45, 2.75) is 51.8 Å². The number of ether oxygens (including phenoxy) is 4. The lowest BCUT2D eigenvalue weighted by Gasteiger charge is -2.23. The van der Waals surface area contributed by atoms with Crippen LogP contribution in [0.15, 0.2) is 12.2 Å². The first kappa shape index (κ1) is 18.1. The van der Waals surface area contributed by atoms with Crippen molar-refractivity contribution in [2.75, 3.05) is 11.9 Å². The van der Waals surface area contributed by atoms with E-state index in [-0.39, 0.29) is 0 Å². The fraction of sp³-hybridized carbons (Fsp3) is 0.714. The van der Waals surface area contributed by atoms with Crippen LogP contribution in [-0.2, 0) is 28.5 Å². The summed E-state index contributed by atoms with van der Waals surface area (Å²) >= 11 is 3.30. The van der Waals surface area contributed by atoms with E-state index in [1.807, 2.05) is 0 Å². The zero-order valence-corrected chi connectivity index (χ0v) is 14.2. The van der Waals surface area contributed by atoms with Gasteiger partial charge in [0.25, 0.3) is 0 Å². The zero-order chi connectivity index (χ0) is 16.0. The normalized spacial score (nSPS) is 25.8. The van der Waals surface area contributed by atoms with Gasteiger partial charge in [0, 0.05) is 18.3 Å². The Morgan fingerprint density at radius 3 is 2.57 bits per heavy atom. The van der Waals surface area contributed by atoms with Gasteiger partial charge in [-0.25, -0.2) is 4.79 Å². The quantitative estimate of drug-likeness (QED) is 0.407. The second-order valence-electron chi connectivity index (χ2n) is 4.98. The van der Waals surface area contributed by atoms with E-state index in [0.29, 0.717) is 11.9 Å². The van der Waals surface area contributed by atoms with E-state index in [4.69, 9.17) is 18.9 Å². The Morgan fingerprint density at radius 1 is 1.38 bits per heavy atom. The monoisotopic (exact) mass is 364 g/mol. The third-order valence-electron chi connectivity index (χ3n) is 2.71. The van der Waals surface area contributed by atoms with Crippen LogP contribution in [0.25, 0.3) is 0 Å². The third kappa shape index (κ3) is 5.76. The Balaban J connectivity index is 2.82. The summed E-state index contributed by atoms with van der Waals surface area (Å²) in [6, 6.07) is 0. The van der Waals surface area contributed by atoms with Gasteiger partial charge in [-0.05, 0) is 26.8 Å². The standard InChI is InChI=1S/C14H21BrO6/c1-5-18-12(17)7-6-10-13(21-14(3,4)20-10)11(8-15)19-9(2)16/h6-7,10-11,13H,5,8H2,1-4H3/b7-6+/t10-,11+,13+/m0/s1. The van der Waals surface area contributed by atoms with Crippen molar-refractivity contribution in [1.29, 1.82) is 0 Å². The molecule has 0 aromatic carbocycles. The molecule has 1 fully saturated rings. The molecule has 0 unspecified atom stereocenters. The van der Waals surface area contributed by atoms with Gasteiger partial charge in [0.05, 0.1) is 6.61 Å². The Labute approximate surface area is 132 Å². The van der Waals surface area contributed by atoms with Crippen molar-refractivity contribution in [2.24, 2.45) is 0 Å². The maximum absolute atomic E-state index is 11.4. The van der Waals surface area contributed by atoms with Gasteiger partial charge in [0.2, 0.25) is 0 Å². The number of hydrogen-bond acceptors (Lipinski definition) is 6. The summed E-state index contributed by atoms with van der Waals surface area (Å²) in [5.74, 6) is -1.68. The summed E-state index contributed by atoms with van der Waals surface area (Å²) in [4.78, 5) is 22.5. The predicted octanol–water partition coefficient (Wildman–Crippen LogP) is 1.95. The Morgan fingerprint density at radius 2 is 2.05 bits per heavy atom. The molecular weight excluding hydrogens is 344 g/mol. The molecule has 0 saturated carbocycles. The van der Waals surface area contributed by atoms with Gasteiger partial charge in [0.15, 0.2) is 5.79 Å². The van der Waals surface area contributed by atoms with Gasteiger partial charge in [-0.2, -0.15) is 0 Å². The van der Waals surface area contributed by atoms with E-state index in [0.717, 1.165) is 0 Å². The second kappa shape index (κ2) is 7.91. The molecule has 0 amide bonds. The highest BCUT2D eigenvalue weighted by molar-refractivity contribution is 9.09. The van der Waals surface area contributed by atoms with Gasteiger partial charge in [-0.15, -0.1) is 0 Å². The molecule has 1 aliphatic heterocycles. The van der Waals surface area contributed by atoms with Crippen LogP contribution in [0.2, 0.25) is 0 Å². The number of esters is 2. The van der Waals surface area contributed by atoms with Crippen LogP contribution in [0, 0.1) is 0 Å². The summed E-state index contributed by atoms with van der Waals surface area (Å²) in [7, 11) is 0. The maximum atomic E-state index is 11.4. The molecule has 0 radical (unpaired) electrons. The Hall–Kier alpha value is -0.920. The van der Waals surface area contributed by atoms with Crippen molar-refractivity contribution in [1.82, 2.24) is 0 Å². The molecule has 0 aromatic heterocycles. The van der Waals surface area contributed by atoms with Gasteiger partial charge in [-0.3, -0.25) is 4.79 Å². The van der Waals surface area contributed by atoms with Crippen molar-refractivity contribution in [3.63, 3.8) is 0 Å². The minimum Gasteiger partial charge on any atom is -0.463 e. The molecule has 120 valence electrons. The minimum absolute atomic E-state index is 0.303. The van der Waals surface area contributed by atoms with E-state index in [2.05, 4.69) is 15.9 Å². The van der Waals surface area contributed by atoms with E-state index in [1.165, 1.54) is 13.0 Å². The zero-order valence-electron chi connectivity index (χ0n) is 12.6. The molecular formula is C14H21BrO6. The van der Waals surface area contributed by atoms with Crippen LogP contribution >= 0.6 is 15.9 Å². The fourth-order valence-electron chi connectivity index (χ4n) is 2.02. The van der Waals surface area contributed by atoms with Crippen molar-refractivity contribution in [3.8, 4) is 0 Å². The second-order valence-corrected chi connectivity index (χ2v) is 5.63. The molecule has 1 heterocycles. The summed E-state index contributed by atoms with van der Waals surface area (Å²) in [6.45, 7) is 6.89. The van der Waals surface area contributed by atoms with Crippen LogP contribution in [0.4, 0.5) is 0 Å². The third-order valence-corrected chi connectivity index (χ3v) is 3.35. The summed E-state index contributed by atoms with van der Waals surface area (Å²) in [5, 5.41) is 0.403. The Kier molecular flexibility index (Phi) is 6.83. The molecule has 0 aromatic rings. The molecule has 6 nitrogen and oxygen atoms in total. The van der Waals surface area contributed by atoms with Crippen LogP contribution in [0.5, 0.6) is 0 Å². The number of rotatable bonds is 6. The highest BCUT2D eigenvalue weighted by Gasteiger charge is 2.45. The van der Waals surface area contributed by atoms with Crippen molar-refractivity contribution < 1.29 is 28.5 Å². The molecule has 1 rings (SSSR count). The first-order valence-corrected chi connectivity index (χ1v) is 7.85. The molecule has 3 atom stereocenters. The maximum Gasteiger partial charge on any atom is 0.330 e. The number of carbonyl (C=O) groups excluding carboxylic acids is 2. The number of hydrogen-bond donors (Lipinski definition) is 0. The lowest BCUT2D eigenvalue weighted by molar-refractivity contribution is -0.166. The molecule has 7 heteroatoms. The number of halogens is 1. The van der Waals surface area contributed by atoms with Crippen molar-refractivity contribution >= 4 is 27.9 Å². The lowest BCUT2D eigenvalue weighted by atomic mass is 10.1. The minimum atomic E-state index is -0.825. The van der Waals surface area contributed by atoms with E-state index < -0.39 is 36.0 Å². The average molecular weight is 365 g/mol. The number of alkyl halides is 1. The lowest BCUT2D eigenvalue weighted by Crippen LogP contribution is -2.39. The van der Waals surface area contributed by atoms with Crippen LogP contribution in [0.1, 0.15) is 27.7 Å².